The number of ether oxygens (including phenoxy) is 1. The Bertz CT molecular complexity index is 994. The minimum Gasteiger partial charge on any atom is -0.464 e. The van der Waals surface area contributed by atoms with Crippen molar-refractivity contribution in [1.29, 1.82) is 0 Å². The van der Waals surface area contributed by atoms with Crippen molar-refractivity contribution < 1.29 is 17.9 Å². The molecule has 0 bridgehead atoms. The second-order valence-corrected chi connectivity index (χ2v) is 7.03. The fourth-order valence-corrected chi connectivity index (χ4v) is 4.04. The van der Waals surface area contributed by atoms with Gasteiger partial charge in [-0.15, -0.1) is 0 Å². The third kappa shape index (κ3) is 2.60. The number of esters is 1. The zero-order chi connectivity index (χ0) is 16.6. The zero-order valence-electron chi connectivity index (χ0n) is 12.1. The lowest BCUT2D eigenvalue weighted by atomic mass is 10.2. The van der Waals surface area contributed by atoms with Gasteiger partial charge in [-0.2, -0.15) is 0 Å². The van der Waals surface area contributed by atoms with Gasteiger partial charge in [0.25, 0.3) is 10.0 Å². The van der Waals surface area contributed by atoms with Gasteiger partial charge < -0.3 is 4.74 Å². The van der Waals surface area contributed by atoms with Crippen LogP contribution in [-0.2, 0) is 14.8 Å². The summed E-state index contributed by atoms with van der Waals surface area (Å²) >= 11 is 5.99. The predicted octanol–water partition coefficient (Wildman–Crippen LogP) is 3.32. The third-order valence-electron chi connectivity index (χ3n) is 3.40. The van der Waals surface area contributed by atoms with Crippen molar-refractivity contribution in [3.63, 3.8) is 0 Å². The summed E-state index contributed by atoms with van der Waals surface area (Å²) in [5.74, 6) is -0.739. The molecule has 0 radical (unpaired) electrons. The monoisotopic (exact) mass is 349 g/mol. The van der Waals surface area contributed by atoms with E-state index < -0.39 is 16.0 Å². The highest BCUT2D eigenvalue weighted by Crippen LogP contribution is 2.28. The van der Waals surface area contributed by atoms with Gasteiger partial charge in [0.05, 0.1) is 17.5 Å². The summed E-state index contributed by atoms with van der Waals surface area (Å²) in [6.45, 7) is 0. The maximum absolute atomic E-state index is 13.0. The van der Waals surface area contributed by atoms with E-state index in [2.05, 4.69) is 0 Å². The maximum atomic E-state index is 13.0. The topological polar surface area (TPSA) is 65.4 Å². The average Bonchev–Trinajstić information content (AvgIpc) is 2.94. The number of fused-ring (bicyclic) bond motifs is 1. The van der Waals surface area contributed by atoms with Gasteiger partial charge in [0, 0.05) is 10.4 Å². The van der Waals surface area contributed by atoms with Gasteiger partial charge in [-0.1, -0.05) is 35.9 Å². The molecule has 0 spiro atoms. The van der Waals surface area contributed by atoms with E-state index in [9.17, 15) is 13.2 Å². The van der Waals surface area contributed by atoms with Crippen LogP contribution in [0.5, 0.6) is 0 Å². The van der Waals surface area contributed by atoms with Gasteiger partial charge in [0.1, 0.15) is 5.69 Å². The van der Waals surface area contributed by atoms with Crippen molar-refractivity contribution in [3.8, 4) is 0 Å². The Hall–Kier alpha value is -2.31. The Kier molecular flexibility index (Phi) is 3.87. The number of hydrogen-bond donors (Lipinski definition) is 0. The number of methoxy groups -OCH3 is 1. The van der Waals surface area contributed by atoms with Crippen LogP contribution in [0.2, 0.25) is 5.02 Å². The molecular weight excluding hydrogens is 338 g/mol. The number of carbonyl (C=O) groups is 1. The van der Waals surface area contributed by atoms with E-state index in [1.165, 1.54) is 31.4 Å². The molecule has 0 aliphatic heterocycles. The van der Waals surface area contributed by atoms with Crippen molar-refractivity contribution in [2.45, 2.75) is 4.90 Å². The average molecular weight is 350 g/mol. The van der Waals surface area contributed by atoms with Gasteiger partial charge in [0.15, 0.2) is 0 Å². The molecule has 0 unspecified atom stereocenters. The van der Waals surface area contributed by atoms with Crippen LogP contribution in [0, 0.1) is 0 Å². The Morgan fingerprint density at radius 2 is 1.78 bits per heavy atom. The van der Waals surface area contributed by atoms with Gasteiger partial charge in [0.2, 0.25) is 0 Å². The first kappa shape index (κ1) is 15.6. The first-order valence-corrected chi connectivity index (χ1v) is 8.47. The lowest BCUT2D eigenvalue weighted by molar-refractivity contribution is 0.0593. The van der Waals surface area contributed by atoms with E-state index in [1.807, 2.05) is 0 Å². The van der Waals surface area contributed by atoms with Crippen LogP contribution in [0.25, 0.3) is 10.9 Å². The van der Waals surface area contributed by atoms with E-state index in [4.69, 9.17) is 16.3 Å². The summed E-state index contributed by atoms with van der Waals surface area (Å²) in [6, 6.07) is 14.1. The minimum atomic E-state index is -3.97. The molecule has 0 saturated heterocycles. The highest BCUT2D eigenvalue weighted by atomic mass is 35.5. The minimum absolute atomic E-state index is 0.0719. The Morgan fingerprint density at radius 1 is 1.09 bits per heavy atom. The van der Waals surface area contributed by atoms with Crippen molar-refractivity contribution in [1.82, 2.24) is 3.97 Å². The summed E-state index contributed by atoms with van der Waals surface area (Å²) in [7, 11) is -2.77. The van der Waals surface area contributed by atoms with Gasteiger partial charge in [-0.25, -0.2) is 17.2 Å². The molecule has 0 aliphatic carbocycles. The van der Waals surface area contributed by atoms with Crippen LogP contribution in [0.3, 0.4) is 0 Å². The largest absolute Gasteiger partial charge is 0.464 e. The van der Waals surface area contributed by atoms with Gasteiger partial charge in [-0.3, -0.25) is 0 Å². The SMILES string of the molecule is COC(=O)c1cc2ccc(Cl)cc2n1S(=O)(=O)c1ccccc1. The van der Waals surface area contributed by atoms with Crippen LogP contribution in [0.15, 0.2) is 59.5 Å². The number of rotatable bonds is 3. The molecule has 2 aromatic carbocycles. The number of aromatic nitrogens is 1. The van der Waals surface area contributed by atoms with Crippen LogP contribution in [-0.4, -0.2) is 25.5 Å². The number of carbonyl (C=O) groups excluding carboxylic acids is 1. The second-order valence-electron chi connectivity index (χ2n) is 4.81. The zero-order valence-corrected chi connectivity index (χ0v) is 13.6. The predicted molar refractivity (Wildman–Crippen MR) is 87.3 cm³/mol. The molecule has 1 aromatic heterocycles. The van der Waals surface area contributed by atoms with Gasteiger partial charge in [-0.05, 0) is 30.3 Å². The Morgan fingerprint density at radius 3 is 2.43 bits per heavy atom. The molecule has 0 aliphatic rings. The molecule has 1 heterocycles. The van der Waals surface area contributed by atoms with Crippen LogP contribution >= 0.6 is 11.6 Å². The standard InChI is InChI=1S/C16H12ClNO4S/c1-22-16(19)15-9-11-7-8-12(17)10-14(11)18(15)23(20,21)13-5-3-2-4-6-13/h2-10H,1H3. The van der Waals surface area contributed by atoms with E-state index in [0.717, 1.165) is 3.97 Å². The summed E-state index contributed by atoms with van der Waals surface area (Å²) in [5.41, 5.74) is 0.246. The van der Waals surface area contributed by atoms with Crippen molar-refractivity contribution in [3.05, 3.63) is 65.3 Å². The van der Waals surface area contributed by atoms with E-state index in [0.29, 0.717) is 15.9 Å². The molecule has 7 heteroatoms. The maximum Gasteiger partial charge on any atom is 0.355 e. The quantitative estimate of drug-likeness (QED) is 0.680. The molecule has 0 atom stereocenters. The molecule has 23 heavy (non-hydrogen) atoms. The van der Waals surface area contributed by atoms with Crippen molar-refractivity contribution >= 4 is 38.5 Å². The lowest BCUT2D eigenvalue weighted by Gasteiger charge is -2.11. The van der Waals surface area contributed by atoms with Crippen molar-refractivity contribution in [2.24, 2.45) is 0 Å². The first-order valence-electron chi connectivity index (χ1n) is 6.65. The Balaban J connectivity index is 2.39. The molecule has 118 valence electrons. The van der Waals surface area contributed by atoms with Crippen LogP contribution < -0.4 is 0 Å². The normalized spacial score (nSPS) is 11.6. The fourth-order valence-electron chi connectivity index (χ4n) is 2.35. The number of hydrogen-bond acceptors (Lipinski definition) is 4. The second kappa shape index (κ2) is 5.72. The van der Waals surface area contributed by atoms with Crippen molar-refractivity contribution in [2.75, 3.05) is 7.11 Å². The third-order valence-corrected chi connectivity index (χ3v) is 5.38. The first-order chi connectivity index (χ1) is 10.9. The van der Waals surface area contributed by atoms with Gasteiger partial charge >= 0.3 is 5.97 Å². The highest BCUT2D eigenvalue weighted by molar-refractivity contribution is 7.90. The fraction of sp³-hybridized carbons (Fsp3) is 0.0625. The molecule has 5 nitrogen and oxygen atoms in total. The molecule has 3 rings (SSSR count). The highest BCUT2D eigenvalue weighted by Gasteiger charge is 2.26. The molecule has 0 N–H and O–H groups in total. The molecular formula is C16H12ClNO4S. The lowest BCUT2D eigenvalue weighted by Crippen LogP contribution is -2.19. The Labute approximate surface area is 138 Å². The summed E-state index contributed by atoms with van der Waals surface area (Å²) in [4.78, 5) is 12.1. The molecule has 3 aromatic rings. The molecule has 0 amide bonds. The summed E-state index contributed by atoms with van der Waals surface area (Å²) in [5, 5.41) is 0.950. The summed E-state index contributed by atoms with van der Waals surface area (Å²) < 4.78 is 31.6. The van der Waals surface area contributed by atoms with Crippen LogP contribution in [0.4, 0.5) is 0 Å². The van der Waals surface area contributed by atoms with Crippen LogP contribution in [0.1, 0.15) is 10.5 Å². The van der Waals surface area contributed by atoms with E-state index in [-0.39, 0.29) is 10.6 Å². The van der Waals surface area contributed by atoms with E-state index >= 15 is 0 Å². The number of nitrogens with zero attached hydrogens (tertiary/aromatic N) is 1. The molecule has 0 saturated carbocycles. The summed E-state index contributed by atoms with van der Waals surface area (Å²) in [6.07, 6.45) is 0. The smallest absolute Gasteiger partial charge is 0.355 e. The number of halogens is 1. The number of benzene rings is 2. The molecule has 0 fully saturated rings. The van der Waals surface area contributed by atoms with E-state index in [1.54, 1.807) is 30.3 Å².